The number of benzene rings is 2. The van der Waals surface area contributed by atoms with Crippen LogP contribution in [0.4, 0.5) is 4.39 Å². The van der Waals surface area contributed by atoms with E-state index < -0.39 is 0 Å². The molecular formula is C18H16FN3O2. The molecule has 4 rings (SSSR count). The number of nitrogens with two attached hydrogens (primary N) is 1. The average molecular weight is 325 g/mol. The molecule has 2 aromatic carbocycles. The molecule has 122 valence electrons. The van der Waals surface area contributed by atoms with Gasteiger partial charge in [-0.1, -0.05) is 18.2 Å². The summed E-state index contributed by atoms with van der Waals surface area (Å²) in [5.41, 5.74) is 8.74. The van der Waals surface area contributed by atoms with Gasteiger partial charge in [-0.15, -0.1) is 10.2 Å². The van der Waals surface area contributed by atoms with E-state index in [9.17, 15) is 4.39 Å². The Hall–Kier alpha value is -2.73. The van der Waals surface area contributed by atoms with Gasteiger partial charge in [-0.3, -0.25) is 0 Å². The Kier molecular flexibility index (Phi) is 3.54. The maximum atomic E-state index is 14.1. The molecule has 3 aromatic rings. The van der Waals surface area contributed by atoms with Crippen LogP contribution in [0, 0.1) is 12.7 Å². The van der Waals surface area contributed by atoms with Crippen LogP contribution in [0.1, 0.15) is 11.5 Å². The van der Waals surface area contributed by atoms with Crippen molar-refractivity contribution in [1.29, 1.82) is 0 Å². The topological polar surface area (TPSA) is 74.2 Å². The minimum absolute atomic E-state index is 0.127. The van der Waals surface area contributed by atoms with Gasteiger partial charge in [-0.05, 0) is 23.8 Å². The summed E-state index contributed by atoms with van der Waals surface area (Å²) in [5.74, 6) is 1.25. The summed E-state index contributed by atoms with van der Waals surface area (Å²) >= 11 is 0. The van der Waals surface area contributed by atoms with Crippen LogP contribution in [-0.2, 0) is 6.42 Å². The third kappa shape index (κ3) is 2.45. The summed E-state index contributed by atoms with van der Waals surface area (Å²) in [6.45, 7) is 2.12. The van der Waals surface area contributed by atoms with Crippen LogP contribution in [0.2, 0.25) is 0 Å². The minimum atomic E-state index is -0.304. The van der Waals surface area contributed by atoms with Crippen LogP contribution in [-0.4, -0.2) is 22.8 Å². The molecule has 5 nitrogen and oxygen atoms in total. The van der Waals surface area contributed by atoms with E-state index in [1.165, 1.54) is 12.1 Å². The van der Waals surface area contributed by atoms with Gasteiger partial charge in [-0.25, -0.2) is 4.39 Å². The van der Waals surface area contributed by atoms with Crippen LogP contribution in [0.3, 0.4) is 0 Å². The fraction of sp³-hybridized carbons (Fsp3) is 0.222. The molecule has 0 spiro atoms. The normalized spacial score (nSPS) is 16.0. The van der Waals surface area contributed by atoms with Crippen LogP contribution >= 0.6 is 0 Å². The summed E-state index contributed by atoms with van der Waals surface area (Å²) in [7, 11) is 0. The molecule has 0 saturated carbocycles. The fourth-order valence-corrected chi connectivity index (χ4v) is 3.04. The fourth-order valence-electron chi connectivity index (χ4n) is 3.04. The number of aromatic nitrogens is 2. The van der Waals surface area contributed by atoms with E-state index in [-0.39, 0.29) is 11.9 Å². The zero-order valence-electron chi connectivity index (χ0n) is 13.1. The van der Waals surface area contributed by atoms with Crippen molar-refractivity contribution in [2.75, 3.05) is 6.54 Å². The highest BCUT2D eigenvalue weighted by atomic mass is 19.1. The van der Waals surface area contributed by atoms with Gasteiger partial charge in [0.25, 0.3) is 0 Å². The molecule has 1 unspecified atom stereocenters. The van der Waals surface area contributed by atoms with Crippen molar-refractivity contribution in [2.24, 2.45) is 5.73 Å². The Balaban J connectivity index is 1.90. The third-order valence-electron chi connectivity index (χ3n) is 4.10. The number of hydrogen-bond donors (Lipinski definition) is 1. The van der Waals surface area contributed by atoms with E-state index in [1.807, 2.05) is 24.3 Å². The lowest BCUT2D eigenvalue weighted by Gasteiger charge is -2.13. The molecule has 24 heavy (non-hydrogen) atoms. The van der Waals surface area contributed by atoms with Crippen LogP contribution < -0.4 is 10.5 Å². The highest BCUT2D eigenvalue weighted by Crippen LogP contribution is 2.42. The Morgan fingerprint density at radius 3 is 2.67 bits per heavy atom. The van der Waals surface area contributed by atoms with Gasteiger partial charge in [0.2, 0.25) is 11.8 Å². The molecule has 1 aromatic heterocycles. The predicted molar refractivity (Wildman–Crippen MR) is 87.0 cm³/mol. The standard InChI is InChI=1S/C18H16FN3O2/c1-10-21-22-18(23-10)15-5-3-2-4-14(15)16-8-12(19)6-11-7-13(9-20)24-17(11)16/h2-6,8,13H,7,9,20H2,1H3. The van der Waals surface area contributed by atoms with Gasteiger partial charge in [0.05, 0.1) is 0 Å². The summed E-state index contributed by atoms with van der Waals surface area (Å²) in [6, 6.07) is 10.5. The zero-order valence-corrected chi connectivity index (χ0v) is 13.1. The van der Waals surface area contributed by atoms with Gasteiger partial charge in [0, 0.05) is 36.6 Å². The molecule has 0 amide bonds. The second-order valence-electron chi connectivity index (χ2n) is 5.79. The molecule has 0 radical (unpaired) electrons. The highest BCUT2D eigenvalue weighted by Gasteiger charge is 2.27. The van der Waals surface area contributed by atoms with E-state index in [4.69, 9.17) is 14.9 Å². The first-order valence-electron chi connectivity index (χ1n) is 7.74. The number of aryl methyl sites for hydroxylation is 1. The van der Waals surface area contributed by atoms with Crippen LogP contribution in [0.5, 0.6) is 5.75 Å². The van der Waals surface area contributed by atoms with Crippen molar-refractivity contribution < 1.29 is 13.5 Å². The third-order valence-corrected chi connectivity index (χ3v) is 4.10. The molecule has 2 N–H and O–H groups in total. The largest absolute Gasteiger partial charge is 0.488 e. The lowest BCUT2D eigenvalue weighted by Crippen LogP contribution is -2.24. The molecule has 1 atom stereocenters. The summed E-state index contributed by atoms with van der Waals surface area (Å²) in [6.07, 6.45) is 0.483. The van der Waals surface area contributed by atoms with Gasteiger partial charge >= 0.3 is 0 Å². The Morgan fingerprint density at radius 2 is 1.96 bits per heavy atom. The predicted octanol–water partition coefficient (Wildman–Crippen LogP) is 3.11. The Morgan fingerprint density at radius 1 is 1.17 bits per heavy atom. The van der Waals surface area contributed by atoms with Gasteiger partial charge in [0.15, 0.2) is 0 Å². The molecule has 1 aliphatic heterocycles. The summed E-state index contributed by atoms with van der Waals surface area (Å²) < 4.78 is 25.6. The van der Waals surface area contributed by atoms with Crippen molar-refractivity contribution in [1.82, 2.24) is 10.2 Å². The minimum Gasteiger partial charge on any atom is -0.488 e. The van der Waals surface area contributed by atoms with E-state index >= 15 is 0 Å². The van der Waals surface area contributed by atoms with E-state index in [0.29, 0.717) is 36.1 Å². The number of nitrogens with zero attached hydrogens (tertiary/aromatic N) is 2. The SMILES string of the molecule is Cc1nnc(-c2ccccc2-c2cc(F)cc3c2OC(CN)C3)o1. The molecule has 0 aliphatic carbocycles. The second-order valence-corrected chi connectivity index (χ2v) is 5.79. The van der Waals surface area contributed by atoms with Crippen molar-refractivity contribution in [3.8, 4) is 28.3 Å². The van der Waals surface area contributed by atoms with E-state index in [2.05, 4.69) is 10.2 Å². The van der Waals surface area contributed by atoms with Gasteiger partial charge in [-0.2, -0.15) is 0 Å². The number of ether oxygens (including phenoxy) is 1. The summed E-state index contributed by atoms with van der Waals surface area (Å²) in [5, 5.41) is 7.95. The van der Waals surface area contributed by atoms with Crippen molar-refractivity contribution in [3.05, 3.63) is 53.7 Å². The first kappa shape index (κ1) is 14.8. The number of rotatable bonds is 3. The van der Waals surface area contributed by atoms with Crippen LogP contribution in [0.15, 0.2) is 40.8 Å². The lowest BCUT2D eigenvalue weighted by molar-refractivity contribution is 0.242. The van der Waals surface area contributed by atoms with Gasteiger partial charge in [0.1, 0.15) is 17.7 Å². The summed E-state index contributed by atoms with van der Waals surface area (Å²) in [4.78, 5) is 0. The van der Waals surface area contributed by atoms with E-state index in [0.717, 1.165) is 16.7 Å². The molecule has 0 fully saturated rings. The molecule has 0 saturated heterocycles. The Labute approximate surface area is 138 Å². The lowest BCUT2D eigenvalue weighted by atomic mass is 9.96. The van der Waals surface area contributed by atoms with Crippen molar-refractivity contribution in [3.63, 3.8) is 0 Å². The average Bonchev–Trinajstić information content (AvgIpc) is 3.20. The number of hydrogen-bond acceptors (Lipinski definition) is 5. The highest BCUT2D eigenvalue weighted by molar-refractivity contribution is 5.84. The quantitative estimate of drug-likeness (QED) is 0.801. The zero-order chi connectivity index (χ0) is 16.7. The van der Waals surface area contributed by atoms with Crippen molar-refractivity contribution in [2.45, 2.75) is 19.4 Å². The van der Waals surface area contributed by atoms with Gasteiger partial charge < -0.3 is 14.9 Å². The smallest absolute Gasteiger partial charge is 0.248 e. The van der Waals surface area contributed by atoms with Crippen LogP contribution in [0.25, 0.3) is 22.6 Å². The maximum Gasteiger partial charge on any atom is 0.248 e. The Bertz CT molecular complexity index is 907. The molecule has 2 heterocycles. The second kappa shape index (κ2) is 5.72. The molecule has 0 bridgehead atoms. The van der Waals surface area contributed by atoms with E-state index in [1.54, 1.807) is 6.92 Å². The maximum absolute atomic E-state index is 14.1. The first-order chi connectivity index (χ1) is 11.7. The number of halogens is 1. The molecular weight excluding hydrogens is 309 g/mol. The first-order valence-corrected chi connectivity index (χ1v) is 7.74. The number of fused-ring (bicyclic) bond motifs is 1. The monoisotopic (exact) mass is 325 g/mol. The molecule has 1 aliphatic rings. The van der Waals surface area contributed by atoms with Crippen molar-refractivity contribution >= 4 is 0 Å². The molecule has 6 heteroatoms.